The molecule has 108 valence electrons. The third kappa shape index (κ3) is 3.11. The highest BCUT2D eigenvalue weighted by molar-refractivity contribution is 5.85. The molecule has 0 fully saturated rings. The van der Waals surface area contributed by atoms with Crippen molar-refractivity contribution in [3.63, 3.8) is 0 Å². The van der Waals surface area contributed by atoms with Crippen molar-refractivity contribution in [3.8, 4) is 11.8 Å². The van der Waals surface area contributed by atoms with Gasteiger partial charge in [0.25, 0.3) is 0 Å². The van der Waals surface area contributed by atoms with Crippen molar-refractivity contribution in [2.75, 3.05) is 14.2 Å². The molecule has 0 aromatic heterocycles. The molecule has 0 heterocycles. The lowest BCUT2D eigenvalue weighted by molar-refractivity contribution is -0.138. The first-order valence-electron chi connectivity index (χ1n) is 6.83. The molecule has 0 aliphatic heterocycles. The van der Waals surface area contributed by atoms with Gasteiger partial charge in [-0.3, -0.25) is 4.79 Å². The molecule has 0 saturated carbocycles. The maximum atomic E-state index is 12.5. The van der Waals surface area contributed by atoms with Crippen LogP contribution in [0.15, 0.2) is 24.3 Å². The first-order valence-corrected chi connectivity index (χ1v) is 6.83. The number of nitriles is 1. The van der Waals surface area contributed by atoms with E-state index in [-0.39, 0.29) is 5.91 Å². The monoisotopic (exact) mass is 274 g/mol. The Morgan fingerprint density at radius 2 is 1.95 bits per heavy atom. The van der Waals surface area contributed by atoms with Crippen molar-refractivity contribution < 1.29 is 9.53 Å². The number of hydrogen-bond acceptors (Lipinski definition) is 3. The second-order valence-electron chi connectivity index (χ2n) is 4.87. The van der Waals surface area contributed by atoms with Crippen LogP contribution in [0.25, 0.3) is 0 Å². The van der Waals surface area contributed by atoms with E-state index in [2.05, 4.69) is 6.07 Å². The van der Waals surface area contributed by atoms with Crippen molar-refractivity contribution in [3.05, 3.63) is 29.8 Å². The topological polar surface area (TPSA) is 53.3 Å². The van der Waals surface area contributed by atoms with Gasteiger partial charge in [0.15, 0.2) is 0 Å². The highest BCUT2D eigenvalue weighted by Gasteiger charge is 2.37. The molecular weight excluding hydrogens is 252 g/mol. The summed E-state index contributed by atoms with van der Waals surface area (Å²) >= 11 is 0. The maximum absolute atomic E-state index is 12.5. The first kappa shape index (κ1) is 16.0. The van der Waals surface area contributed by atoms with E-state index in [1.54, 1.807) is 19.1 Å². The van der Waals surface area contributed by atoms with Gasteiger partial charge in [0.2, 0.25) is 5.91 Å². The molecule has 4 nitrogen and oxygen atoms in total. The average Bonchev–Trinajstić information content (AvgIpc) is 2.50. The van der Waals surface area contributed by atoms with Gasteiger partial charge in [-0.15, -0.1) is 0 Å². The predicted molar refractivity (Wildman–Crippen MR) is 78.1 cm³/mol. The van der Waals surface area contributed by atoms with Crippen LogP contribution in [0, 0.1) is 16.7 Å². The number of hydrogen-bond donors (Lipinski definition) is 0. The van der Waals surface area contributed by atoms with E-state index in [9.17, 15) is 10.1 Å². The van der Waals surface area contributed by atoms with Crippen molar-refractivity contribution in [2.24, 2.45) is 5.41 Å². The SMILES string of the molecule is CCC(C#N)(CC)C(=O)N(C)Cc1ccccc1OC. The lowest BCUT2D eigenvalue weighted by Crippen LogP contribution is -2.40. The smallest absolute Gasteiger partial charge is 0.243 e. The number of para-hydroxylation sites is 1. The van der Waals surface area contributed by atoms with Gasteiger partial charge < -0.3 is 9.64 Å². The summed E-state index contributed by atoms with van der Waals surface area (Å²) in [5.74, 6) is 0.624. The zero-order valence-electron chi connectivity index (χ0n) is 12.6. The number of carbonyl (C=O) groups excluding carboxylic acids is 1. The molecule has 1 rings (SSSR count). The van der Waals surface area contributed by atoms with Gasteiger partial charge >= 0.3 is 0 Å². The van der Waals surface area contributed by atoms with Crippen molar-refractivity contribution in [1.29, 1.82) is 5.26 Å². The minimum atomic E-state index is -0.920. The quantitative estimate of drug-likeness (QED) is 0.801. The third-order valence-electron chi connectivity index (χ3n) is 3.78. The average molecular weight is 274 g/mol. The third-order valence-corrected chi connectivity index (χ3v) is 3.78. The Morgan fingerprint density at radius 1 is 1.35 bits per heavy atom. The fraction of sp³-hybridized carbons (Fsp3) is 0.500. The fourth-order valence-corrected chi connectivity index (χ4v) is 2.28. The number of ether oxygens (including phenoxy) is 1. The molecule has 0 unspecified atom stereocenters. The molecule has 0 spiro atoms. The molecule has 0 atom stereocenters. The summed E-state index contributed by atoms with van der Waals surface area (Å²) in [5, 5.41) is 9.34. The van der Waals surface area contributed by atoms with Crippen LogP contribution in [0.1, 0.15) is 32.3 Å². The van der Waals surface area contributed by atoms with E-state index in [0.29, 0.717) is 19.4 Å². The van der Waals surface area contributed by atoms with Crippen LogP contribution in [0.5, 0.6) is 5.75 Å². The van der Waals surface area contributed by atoms with Gasteiger partial charge in [-0.1, -0.05) is 32.0 Å². The van der Waals surface area contributed by atoms with Crippen LogP contribution < -0.4 is 4.74 Å². The van der Waals surface area contributed by atoms with E-state index in [4.69, 9.17) is 4.74 Å². The van der Waals surface area contributed by atoms with Gasteiger partial charge in [0.05, 0.1) is 13.2 Å². The molecule has 0 aliphatic carbocycles. The van der Waals surface area contributed by atoms with Crippen molar-refractivity contribution in [1.82, 2.24) is 4.90 Å². The molecule has 0 radical (unpaired) electrons. The number of nitrogens with zero attached hydrogens (tertiary/aromatic N) is 2. The van der Waals surface area contributed by atoms with Gasteiger partial charge in [-0.2, -0.15) is 5.26 Å². The van der Waals surface area contributed by atoms with Crippen LogP contribution >= 0.6 is 0 Å². The molecule has 1 aromatic carbocycles. The maximum Gasteiger partial charge on any atom is 0.243 e. The Kier molecular flexibility index (Phi) is 5.57. The molecule has 20 heavy (non-hydrogen) atoms. The van der Waals surface area contributed by atoms with E-state index < -0.39 is 5.41 Å². The molecule has 0 N–H and O–H groups in total. The van der Waals surface area contributed by atoms with E-state index in [1.165, 1.54) is 0 Å². The van der Waals surface area contributed by atoms with Gasteiger partial charge in [-0.05, 0) is 18.9 Å². The summed E-state index contributed by atoms with van der Waals surface area (Å²) in [5.41, 5.74) is 0.0152. The van der Waals surface area contributed by atoms with Crippen LogP contribution in [0.3, 0.4) is 0 Å². The summed E-state index contributed by atoms with van der Waals surface area (Å²) in [4.78, 5) is 14.1. The lowest BCUT2D eigenvalue weighted by Gasteiger charge is -2.28. The minimum absolute atomic E-state index is 0.129. The highest BCUT2D eigenvalue weighted by Crippen LogP contribution is 2.29. The number of benzene rings is 1. The lowest BCUT2D eigenvalue weighted by atomic mass is 9.82. The standard InChI is InChI=1S/C16H22N2O2/c1-5-16(6-2,12-17)15(19)18(3)11-13-9-7-8-10-14(13)20-4/h7-10H,5-6,11H2,1-4H3. The van der Waals surface area contributed by atoms with Gasteiger partial charge in [0.1, 0.15) is 11.2 Å². The molecule has 0 aliphatic rings. The Balaban J connectivity index is 2.93. The normalized spacial score (nSPS) is 10.8. The number of methoxy groups -OCH3 is 1. The van der Waals surface area contributed by atoms with Crippen molar-refractivity contribution >= 4 is 5.91 Å². The van der Waals surface area contributed by atoms with E-state index >= 15 is 0 Å². The Hall–Kier alpha value is -2.02. The summed E-state index contributed by atoms with van der Waals surface area (Å²) < 4.78 is 5.29. The number of amides is 1. The van der Waals surface area contributed by atoms with Crippen LogP contribution in [-0.2, 0) is 11.3 Å². The zero-order chi connectivity index (χ0) is 15.2. The second kappa shape index (κ2) is 6.95. The van der Waals surface area contributed by atoms with Crippen LogP contribution in [0.2, 0.25) is 0 Å². The molecule has 1 amide bonds. The Morgan fingerprint density at radius 3 is 2.45 bits per heavy atom. The molecule has 0 saturated heterocycles. The first-order chi connectivity index (χ1) is 9.54. The van der Waals surface area contributed by atoms with Gasteiger partial charge in [0, 0.05) is 19.2 Å². The second-order valence-corrected chi connectivity index (χ2v) is 4.87. The van der Waals surface area contributed by atoms with Crippen molar-refractivity contribution in [2.45, 2.75) is 33.2 Å². The largest absolute Gasteiger partial charge is 0.496 e. The minimum Gasteiger partial charge on any atom is -0.496 e. The molecular formula is C16H22N2O2. The van der Waals surface area contributed by atoms with Crippen LogP contribution in [0.4, 0.5) is 0 Å². The Labute approximate surface area is 121 Å². The highest BCUT2D eigenvalue weighted by atomic mass is 16.5. The zero-order valence-corrected chi connectivity index (χ0v) is 12.6. The summed E-state index contributed by atoms with van der Waals surface area (Å²) in [7, 11) is 3.34. The van der Waals surface area contributed by atoms with E-state index in [1.807, 2.05) is 38.1 Å². The Bertz CT molecular complexity index is 501. The molecule has 0 bridgehead atoms. The number of rotatable bonds is 6. The number of carbonyl (C=O) groups is 1. The fourth-order valence-electron chi connectivity index (χ4n) is 2.28. The van der Waals surface area contributed by atoms with Crippen LogP contribution in [-0.4, -0.2) is 25.0 Å². The van der Waals surface area contributed by atoms with Gasteiger partial charge in [-0.25, -0.2) is 0 Å². The summed E-state index contributed by atoms with van der Waals surface area (Å²) in [6.45, 7) is 4.19. The summed E-state index contributed by atoms with van der Waals surface area (Å²) in [6, 6.07) is 9.78. The molecule has 1 aromatic rings. The molecule has 4 heteroatoms. The summed E-state index contributed by atoms with van der Waals surface area (Å²) in [6.07, 6.45) is 1.05. The predicted octanol–water partition coefficient (Wildman–Crippen LogP) is 2.98. The van der Waals surface area contributed by atoms with E-state index in [0.717, 1.165) is 11.3 Å².